The van der Waals surface area contributed by atoms with Gasteiger partial charge >= 0.3 is 10.2 Å². The quantitative estimate of drug-likeness (QED) is 0.388. The number of piperidine rings is 1. The summed E-state index contributed by atoms with van der Waals surface area (Å²) < 4.78 is 50.4. The smallest absolute Gasteiger partial charge is 0.301 e. The van der Waals surface area contributed by atoms with Crippen molar-refractivity contribution in [3.05, 3.63) is 58.4 Å². The van der Waals surface area contributed by atoms with Crippen LogP contribution in [0.1, 0.15) is 38.7 Å². The molecule has 4 rings (SSSR count). The van der Waals surface area contributed by atoms with Crippen LogP contribution in [0, 0.1) is 29.0 Å². The molecule has 2 heterocycles. The largest absolute Gasteiger partial charge is 0.453 e. The predicted molar refractivity (Wildman–Crippen MR) is 147 cm³/mol. The third-order valence-electron chi connectivity index (χ3n) is 7.03. The minimum atomic E-state index is -3.96. The van der Waals surface area contributed by atoms with Crippen LogP contribution in [0.5, 0.6) is 11.5 Å². The number of anilines is 1. The number of nitrogens with zero attached hydrogens (tertiary/aromatic N) is 4. The summed E-state index contributed by atoms with van der Waals surface area (Å²) in [6.45, 7) is 6.55. The van der Waals surface area contributed by atoms with Crippen molar-refractivity contribution >= 4 is 26.8 Å². The third kappa shape index (κ3) is 6.55. The molecule has 1 aromatic heterocycles. The van der Waals surface area contributed by atoms with Gasteiger partial charge in [-0.25, -0.2) is 9.37 Å². The molecule has 2 N–H and O–H groups in total. The molecule has 1 unspecified atom stereocenters. The molecule has 2 aromatic carbocycles. The summed E-state index contributed by atoms with van der Waals surface area (Å²) in [6, 6.07) is 8.56. The number of nitriles is 1. The number of hydrogen-bond donors (Lipinski definition) is 2. The molecule has 0 amide bonds. The highest BCUT2D eigenvalue weighted by Gasteiger charge is 2.23. The van der Waals surface area contributed by atoms with Crippen LogP contribution in [-0.4, -0.2) is 49.0 Å². The average Bonchev–Trinajstić information content (AvgIpc) is 2.92. The van der Waals surface area contributed by atoms with Gasteiger partial charge in [0.1, 0.15) is 17.4 Å². The van der Waals surface area contributed by atoms with Crippen LogP contribution >= 0.6 is 0 Å². The van der Waals surface area contributed by atoms with E-state index in [0.29, 0.717) is 23.4 Å². The monoisotopic (exact) mass is 556 g/mol. The Labute approximate surface area is 227 Å². The maximum absolute atomic E-state index is 14.8. The number of nitrogens with one attached hydrogen (secondary N) is 2. The van der Waals surface area contributed by atoms with Crippen LogP contribution in [0.3, 0.4) is 0 Å². The van der Waals surface area contributed by atoms with Crippen LogP contribution in [0.25, 0.3) is 10.9 Å². The Morgan fingerprint density at radius 3 is 2.74 bits per heavy atom. The summed E-state index contributed by atoms with van der Waals surface area (Å²) in [5.74, 6) is -0.264. The summed E-state index contributed by atoms with van der Waals surface area (Å²) >= 11 is 0. The molecule has 0 saturated carbocycles. The lowest BCUT2D eigenvalue weighted by Gasteiger charge is -2.25. The molecule has 10 nitrogen and oxygen atoms in total. The molecule has 1 atom stereocenters. The summed E-state index contributed by atoms with van der Waals surface area (Å²) in [6.07, 6.45) is 4.84. The molecule has 1 aliphatic heterocycles. The van der Waals surface area contributed by atoms with Gasteiger partial charge in [-0.2, -0.15) is 18.0 Å². The van der Waals surface area contributed by atoms with Crippen molar-refractivity contribution in [3.63, 3.8) is 0 Å². The van der Waals surface area contributed by atoms with E-state index in [0.717, 1.165) is 48.8 Å². The first-order chi connectivity index (χ1) is 18.6. The van der Waals surface area contributed by atoms with E-state index in [2.05, 4.69) is 21.9 Å². The van der Waals surface area contributed by atoms with Gasteiger partial charge in [0.25, 0.3) is 5.56 Å². The molecule has 0 aliphatic carbocycles. The van der Waals surface area contributed by atoms with Crippen molar-refractivity contribution < 1.29 is 17.5 Å². The summed E-state index contributed by atoms with van der Waals surface area (Å²) in [4.78, 5) is 17.7. The standard InChI is InChI=1S/C27H33FN6O4S/c1-4-33(3)39(36,37)32-25-8-6-23(28)26(22(25)15-29)38-20-5-7-24-21(14-20)27(35)34(17-31-24)16-18(2)13-19-9-11-30-12-10-19/h5-8,14,17-19,30,32H,4,9-13,16H2,1-3H3. The molecular formula is C27H33FN6O4S. The fourth-order valence-corrected chi connectivity index (χ4v) is 5.73. The molecule has 1 saturated heterocycles. The molecule has 1 fully saturated rings. The number of hydrogen-bond acceptors (Lipinski definition) is 7. The SMILES string of the molecule is CCN(C)S(=O)(=O)Nc1ccc(F)c(Oc2ccc3ncn(CC(C)CC4CCNCC4)c(=O)c3c2)c1C#N. The Kier molecular flexibility index (Phi) is 8.84. The van der Waals surface area contributed by atoms with E-state index in [1.54, 1.807) is 23.9 Å². The highest BCUT2D eigenvalue weighted by molar-refractivity contribution is 7.90. The van der Waals surface area contributed by atoms with Gasteiger partial charge in [0.15, 0.2) is 11.6 Å². The van der Waals surface area contributed by atoms with Gasteiger partial charge in [0.2, 0.25) is 0 Å². The van der Waals surface area contributed by atoms with Gasteiger partial charge in [0.05, 0.1) is 22.9 Å². The lowest BCUT2D eigenvalue weighted by molar-refractivity contribution is 0.290. The van der Waals surface area contributed by atoms with Crippen molar-refractivity contribution in [3.8, 4) is 17.6 Å². The van der Waals surface area contributed by atoms with Crippen molar-refractivity contribution in [2.75, 3.05) is 31.4 Å². The van der Waals surface area contributed by atoms with E-state index in [-0.39, 0.29) is 35.0 Å². The van der Waals surface area contributed by atoms with Gasteiger partial charge in [-0.05, 0) is 74.5 Å². The van der Waals surface area contributed by atoms with Crippen molar-refractivity contribution in [2.45, 2.75) is 39.7 Å². The number of halogens is 1. The zero-order valence-electron chi connectivity index (χ0n) is 22.3. The molecule has 0 bridgehead atoms. The maximum atomic E-state index is 14.8. The second-order valence-electron chi connectivity index (χ2n) is 9.95. The zero-order valence-corrected chi connectivity index (χ0v) is 23.1. The lowest BCUT2D eigenvalue weighted by atomic mass is 9.88. The topological polar surface area (TPSA) is 129 Å². The Bertz CT molecular complexity index is 1550. The van der Waals surface area contributed by atoms with Crippen molar-refractivity contribution in [1.29, 1.82) is 5.26 Å². The van der Waals surface area contributed by atoms with Crippen LogP contribution in [0.15, 0.2) is 41.5 Å². The Balaban J connectivity index is 1.61. The van der Waals surface area contributed by atoms with Gasteiger partial charge < -0.3 is 10.1 Å². The summed E-state index contributed by atoms with van der Waals surface area (Å²) in [7, 11) is -2.58. The highest BCUT2D eigenvalue weighted by atomic mass is 32.2. The molecular weight excluding hydrogens is 523 g/mol. The predicted octanol–water partition coefficient (Wildman–Crippen LogP) is 3.83. The molecule has 3 aromatic rings. The first kappa shape index (κ1) is 28.5. The number of benzene rings is 2. The normalized spacial score (nSPS) is 15.3. The van der Waals surface area contributed by atoms with Crippen molar-refractivity contribution in [2.24, 2.45) is 11.8 Å². The number of fused-ring (bicyclic) bond motifs is 1. The minimum Gasteiger partial charge on any atom is -0.453 e. The molecule has 39 heavy (non-hydrogen) atoms. The van der Waals surface area contributed by atoms with Gasteiger partial charge in [-0.1, -0.05) is 13.8 Å². The zero-order chi connectivity index (χ0) is 28.2. The fourth-order valence-electron chi connectivity index (χ4n) is 4.79. The summed E-state index contributed by atoms with van der Waals surface area (Å²) in [5.41, 5.74) is -0.229. The van der Waals surface area contributed by atoms with Gasteiger partial charge in [-0.15, -0.1) is 0 Å². The second kappa shape index (κ2) is 12.1. The van der Waals surface area contributed by atoms with Crippen molar-refractivity contribution in [1.82, 2.24) is 19.2 Å². The maximum Gasteiger partial charge on any atom is 0.301 e. The molecule has 208 valence electrons. The van der Waals surface area contributed by atoms with E-state index >= 15 is 0 Å². The summed E-state index contributed by atoms with van der Waals surface area (Å²) in [5, 5.41) is 13.4. The highest BCUT2D eigenvalue weighted by Crippen LogP contribution is 2.34. The number of rotatable bonds is 10. The second-order valence-corrected chi connectivity index (χ2v) is 11.7. The average molecular weight is 557 g/mol. The third-order valence-corrected chi connectivity index (χ3v) is 8.59. The van der Waals surface area contributed by atoms with E-state index in [4.69, 9.17) is 4.74 Å². The first-order valence-electron chi connectivity index (χ1n) is 13.0. The van der Waals surface area contributed by atoms with Gasteiger partial charge in [0, 0.05) is 20.1 Å². The van der Waals surface area contributed by atoms with E-state index in [9.17, 15) is 22.9 Å². The Morgan fingerprint density at radius 2 is 2.05 bits per heavy atom. The minimum absolute atomic E-state index is 0.114. The molecule has 0 spiro atoms. The van der Waals surface area contributed by atoms with E-state index < -0.39 is 21.8 Å². The Hall–Kier alpha value is -3.53. The Morgan fingerprint density at radius 1 is 1.31 bits per heavy atom. The number of ether oxygens (including phenoxy) is 1. The van der Waals surface area contributed by atoms with Crippen LogP contribution in [-0.2, 0) is 16.8 Å². The van der Waals surface area contributed by atoms with Crippen LogP contribution in [0.2, 0.25) is 0 Å². The molecule has 1 aliphatic rings. The van der Waals surface area contributed by atoms with Crippen LogP contribution < -0.4 is 20.3 Å². The first-order valence-corrected chi connectivity index (χ1v) is 14.4. The lowest BCUT2D eigenvalue weighted by Crippen LogP contribution is -2.32. The van der Waals surface area contributed by atoms with E-state index in [1.807, 2.05) is 6.07 Å². The van der Waals surface area contributed by atoms with Gasteiger partial charge in [-0.3, -0.25) is 14.1 Å². The van der Waals surface area contributed by atoms with E-state index in [1.165, 1.54) is 19.2 Å². The molecule has 12 heteroatoms. The fraction of sp³-hybridized carbons (Fsp3) is 0.444. The number of aromatic nitrogens is 2. The molecule has 0 radical (unpaired) electrons. The van der Waals surface area contributed by atoms with Crippen LogP contribution in [0.4, 0.5) is 10.1 Å².